The largest absolute Gasteiger partial charge is 0.325 e. The van der Waals surface area contributed by atoms with Crippen molar-refractivity contribution in [2.45, 2.75) is 62.0 Å². The monoisotopic (exact) mass is 277 g/mol. The minimum atomic E-state index is 0.159. The van der Waals surface area contributed by atoms with Gasteiger partial charge in [0.2, 0.25) is 5.91 Å². The van der Waals surface area contributed by atoms with E-state index in [1.807, 2.05) is 30.0 Å². The maximum atomic E-state index is 11.8. The standard InChI is InChI=1S/C16H23NOS/c1-2-3-4-5-8-13-11-12-16(18)17-14-9-6-7-10-15(14)19-13/h6-7,9-10,13H,2-5,8,11-12H2,1H3,(H,17,18). The van der Waals surface area contributed by atoms with Gasteiger partial charge in [-0.05, 0) is 25.0 Å². The van der Waals surface area contributed by atoms with Crippen LogP contribution in [0.1, 0.15) is 51.9 Å². The number of hydrogen-bond acceptors (Lipinski definition) is 2. The Bertz CT molecular complexity index is 419. The number of carbonyl (C=O) groups is 1. The third-order valence-electron chi connectivity index (χ3n) is 3.53. The number of para-hydroxylation sites is 1. The van der Waals surface area contributed by atoms with Crippen molar-refractivity contribution in [3.8, 4) is 0 Å². The summed E-state index contributed by atoms with van der Waals surface area (Å²) < 4.78 is 0. The highest BCUT2D eigenvalue weighted by Gasteiger charge is 2.18. The van der Waals surface area contributed by atoms with Gasteiger partial charge in [0.1, 0.15) is 0 Å². The summed E-state index contributed by atoms with van der Waals surface area (Å²) >= 11 is 1.94. The van der Waals surface area contributed by atoms with Crippen molar-refractivity contribution in [1.82, 2.24) is 0 Å². The zero-order valence-corrected chi connectivity index (χ0v) is 12.5. The number of hydrogen-bond donors (Lipinski definition) is 1. The van der Waals surface area contributed by atoms with E-state index in [2.05, 4.69) is 18.3 Å². The van der Waals surface area contributed by atoms with E-state index in [0.717, 1.165) is 12.1 Å². The van der Waals surface area contributed by atoms with Crippen LogP contribution < -0.4 is 5.32 Å². The zero-order chi connectivity index (χ0) is 13.5. The van der Waals surface area contributed by atoms with E-state index in [9.17, 15) is 4.79 Å². The van der Waals surface area contributed by atoms with E-state index in [4.69, 9.17) is 0 Å². The summed E-state index contributed by atoms with van der Waals surface area (Å²) in [7, 11) is 0. The summed E-state index contributed by atoms with van der Waals surface area (Å²) in [5.74, 6) is 0.159. The summed E-state index contributed by atoms with van der Waals surface area (Å²) in [5, 5.41) is 3.59. The number of nitrogens with one attached hydrogen (secondary N) is 1. The number of benzene rings is 1. The first-order chi connectivity index (χ1) is 9.29. The summed E-state index contributed by atoms with van der Waals surface area (Å²) in [6, 6.07) is 8.15. The predicted octanol–water partition coefficient (Wildman–Crippen LogP) is 4.85. The Labute approximate surface area is 120 Å². The van der Waals surface area contributed by atoms with Crippen molar-refractivity contribution in [2.24, 2.45) is 0 Å². The van der Waals surface area contributed by atoms with Crippen molar-refractivity contribution in [1.29, 1.82) is 0 Å². The molecular weight excluding hydrogens is 254 g/mol. The molecule has 0 aromatic heterocycles. The summed E-state index contributed by atoms with van der Waals surface area (Å²) in [4.78, 5) is 13.0. The molecule has 1 aromatic rings. The highest BCUT2D eigenvalue weighted by molar-refractivity contribution is 8.00. The molecule has 1 atom stereocenters. The average Bonchev–Trinajstić information content (AvgIpc) is 2.40. The molecule has 0 radical (unpaired) electrons. The summed E-state index contributed by atoms with van der Waals surface area (Å²) in [5.41, 5.74) is 0.982. The molecule has 0 fully saturated rings. The van der Waals surface area contributed by atoms with E-state index in [1.165, 1.54) is 37.0 Å². The third kappa shape index (κ3) is 4.57. The number of carbonyl (C=O) groups excluding carboxylic acids is 1. The molecule has 1 aliphatic rings. The van der Waals surface area contributed by atoms with Gasteiger partial charge in [0, 0.05) is 16.6 Å². The first-order valence-corrected chi connectivity index (χ1v) is 8.23. The second kappa shape index (κ2) is 7.59. The van der Waals surface area contributed by atoms with Gasteiger partial charge < -0.3 is 5.32 Å². The van der Waals surface area contributed by atoms with Gasteiger partial charge in [-0.2, -0.15) is 0 Å². The average molecular weight is 277 g/mol. The van der Waals surface area contributed by atoms with Crippen LogP contribution in [0.5, 0.6) is 0 Å². The number of anilines is 1. The molecule has 1 unspecified atom stereocenters. The topological polar surface area (TPSA) is 29.1 Å². The molecular formula is C16H23NOS. The summed E-state index contributed by atoms with van der Waals surface area (Å²) in [6.07, 6.45) is 8.09. The van der Waals surface area contributed by atoms with Gasteiger partial charge in [-0.25, -0.2) is 0 Å². The minimum Gasteiger partial charge on any atom is -0.325 e. The van der Waals surface area contributed by atoms with Gasteiger partial charge in [0.15, 0.2) is 0 Å². The van der Waals surface area contributed by atoms with Gasteiger partial charge in [-0.1, -0.05) is 44.7 Å². The number of unbranched alkanes of at least 4 members (excludes halogenated alkanes) is 3. The van der Waals surface area contributed by atoms with E-state index < -0.39 is 0 Å². The highest BCUT2D eigenvalue weighted by atomic mass is 32.2. The fraction of sp³-hybridized carbons (Fsp3) is 0.562. The van der Waals surface area contributed by atoms with Crippen LogP contribution in [0.3, 0.4) is 0 Å². The SMILES string of the molecule is CCCCCCC1CCC(=O)Nc2ccccc2S1. The van der Waals surface area contributed by atoms with Crippen LogP contribution in [0.4, 0.5) is 5.69 Å². The van der Waals surface area contributed by atoms with Crippen LogP contribution in [0.2, 0.25) is 0 Å². The molecule has 0 aliphatic carbocycles. The second-order valence-electron chi connectivity index (χ2n) is 5.17. The van der Waals surface area contributed by atoms with Crippen LogP contribution in [-0.4, -0.2) is 11.2 Å². The van der Waals surface area contributed by atoms with Crippen molar-refractivity contribution in [3.63, 3.8) is 0 Å². The number of amides is 1. The molecule has 1 aromatic carbocycles. The lowest BCUT2D eigenvalue weighted by molar-refractivity contribution is -0.116. The third-order valence-corrected chi connectivity index (χ3v) is 4.94. The molecule has 3 heteroatoms. The lowest BCUT2D eigenvalue weighted by Gasteiger charge is -2.21. The molecule has 0 bridgehead atoms. The maximum absolute atomic E-state index is 11.8. The van der Waals surface area contributed by atoms with Crippen molar-refractivity contribution in [2.75, 3.05) is 5.32 Å². The lowest BCUT2D eigenvalue weighted by Crippen LogP contribution is -2.17. The van der Waals surface area contributed by atoms with Crippen molar-refractivity contribution < 1.29 is 4.79 Å². The lowest BCUT2D eigenvalue weighted by atomic mass is 10.1. The van der Waals surface area contributed by atoms with Gasteiger partial charge in [0.05, 0.1) is 5.69 Å². The smallest absolute Gasteiger partial charge is 0.224 e. The molecule has 19 heavy (non-hydrogen) atoms. The van der Waals surface area contributed by atoms with E-state index in [-0.39, 0.29) is 5.91 Å². The van der Waals surface area contributed by atoms with Gasteiger partial charge in [-0.3, -0.25) is 4.79 Å². The van der Waals surface area contributed by atoms with Gasteiger partial charge >= 0.3 is 0 Å². The van der Waals surface area contributed by atoms with Crippen LogP contribution in [0, 0.1) is 0 Å². The molecule has 0 spiro atoms. The van der Waals surface area contributed by atoms with Crippen LogP contribution in [-0.2, 0) is 4.79 Å². The Kier molecular flexibility index (Phi) is 5.77. The second-order valence-corrected chi connectivity index (χ2v) is 6.51. The zero-order valence-electron chi connectivity index (χ0n) is 11.7. The highest BCUT2D eigenvalue weighted by Crippen LogP contribution is 2.36. The Balaban J connectivity index is 1.97. The molecule has 1 N–H and O–H groups in total. The molecule has 1 aliphatic heterocycles. The van der Waals surface area contributed by atoms with E-state index >= 15 is 0 Å². The quantitative estimate of drug-likeness (QED) is 0.779. The molecule has 104 valence electrons. The Morgan fingerprint density at radius 3 is 2.95 bits per heavy atom. The summed E-state index contributed by atoms with van der Waals surface area (Å²) in [6.45, 7) is 2.24. The number of thioether (sulfide) groups is 1. The molecule has 1 amide bonds. The molecule has 1 heterocycles. The van der Waals surface area contributed by atoms with Crippen LogP contribution in [0.25, 0.3) is 0 Å². The molecule has 0 saturated heterocycles. The Hall–Kier alpha value is -0.960. The fourth-order valence-corrected chi connectivity index (χ4v) is 3.70. The van der Waals surface area contributed by atoms with Crippen molar-refractivity contribution in [3.05, 3.63) is 24.3 Å². The van der Waals surface area contributed by atoms with Gasteiger partial charge in [0.25, 0.3) is 0 Å². The predicted molar refractivity (Wildman–Crippen MR) is 82.7 cm³/mol. The minimum absolute atomic E-state index is 0.159. The van der Waals surface area contributed by atoms with E-state index in [0.29, 0.717) is 11.7 Å². The molecule has 2 rings (SSSR count). The molecule has 2 nitrogen and oxygen atoms in total. The first-order valence-electron chi connectivity index (χ1n) is 7.35. The number of fused-ring (bicyclic) bond motifs is 1. The fourth-order valence-electron chi connectivity index (χ4n) is 2.42. The van der Waals surface area contributed by atoms with Gasteiger partial charge in [-0.15, -0.1) is 11.8 Å². The van der Waals surface area contributed by atoms with Crippen molar-refractivity contribution >= 4 is 23.4 Å². The Morgan fingerprint density at radius 2 is 2.11 bits per heavy atom. The first kappa shape index (κ1) is 14.4. The Morgan fingerprint density at radius 1 is 1.26 bits per heavy atom. The maximum Gasteiger partial charge on any atom is 0.224 e. The normalized spacial score (nSPS) is 19.2. The van der Waals surface area contributed by atoms with Crippen LogP contribution in [0.15, 0.2) is 29.2 Å². The number of rotatable bonds is 5. The van der Waals surface area contributed by atoms with E-state index in [1.54, 1.807) is 0 Å². The molecule has 0 saturated carbocycles. The van der Waals surface area contributed by atoms with Crippen LogP contribution >= 0.6 is 11.8 Å².